The Morgan fingerprint density at radius 3 is 2.50 bits per heavy atom. The number of para-hydroxylation sites is 1. The van der Waals surface area contributed by atoms with Crippen molar-refractivity contribution in [2.45, 2.75) is 6.54 Å². The third-order valence-electron chi connectivity index (χ3n) is 5.21. The van der Waals surface area contributed by atoms with Gasteiger partial charge in [-0.2, -0.15) is 0 Å². The van der Waals surface area contributed by atoms with Gasteiger partial charge in [0.15, 0.2) is 0 Å². The lowest BCUT2D eigenvalue weighted by Crippen LogP contribution is -2.46. The molecule has 1 aliphatic rings. The van der Waals surface area contributed by atoms with Gasteiger partial charge in [0.1, 0.15) is 11.6 Å². The van der Waals surface area contributed by atoms with Gasteiger partial charge in [-0.1, -0.05) is 12.1 Å². The third-order valence-corrected chi connectivity index (χ3v) is 5.21. The Labute approximate surface area is 176 Å². The Hall–Kier alpha value is -3.45. The number of carbonyl (C=O) groups is 1. The molecule has 4 rings (SSSR count). The van der Waals surface area contributed by atoms with Crippen molar-refractivity contribution in [1.29, 1.82) is 0 Å². The molecule has 0 radical (unpaired) electrons. The molecule has 0 bridgehead atoms. The van der Waals surface area contributed by atoms with Gasteiger partial charge in [-0.05, 0) is 42.0 Å². The number of pyridine rings is 2. The largest absolute Gasteiger partial charge is 0.496 e. The third kappa shape index (κ3) is 4.75. The first-order valence-corrected chi connectivity index (χ1v) is 9.99. The van der Waals surface area contributed by atoms with Crippen LogP contribution in [0.1, 0.15) is 15.9 Å². The number of benzene rings is 1. The molecule has 0 atom stereocenters. The number of nitrogens with zero attached hydrogens (tertiary/aromatic N) is 4. The van der Waals surface area contributed by atoms with Crippen LogP contribution in [0.25, 0.3) is 0 Å². The first-order valence-electron chi connectivity index (χ1n) is 9.99. The maximum atomic E-state index is 12.5. The van der Waals surface area contributed by atoms with Crippen LogP contribution < -0.4 is 15.0 Å². The lowest BCUT2D eigenvalue weighted by atomic mass is 10.2. The summed E-state index contributed by atoms with van der Waals surface area (Å²) in [5, 5.41) is 2.88. The zero-order valence-corrected chi connectivity index (χ0v) is 17.0. The van der Waals surface area contributed by atoms with Gasteiger partial charge in [-0.25, -0.2) is 4.98 Å². The van der Waals surface area contributed by atoms with E-state index in [1.54, 1.807) is 25.4 Å². The fourth-order valence-corrected chi connectivity index (χ4v) is 3.56. The van der Waals surface area contributed by atoms with Crippen LogP contribution in [0.15, 0.2) is 67.1 Å². The monoisotopic (exact) mass is 403 g/mol. The van der Waals surface area contributed by atoms with Crippen LogP contribution in [0.4, 0.5) is 11.5 Å². The number of methoxy groups -OCH3 is 1. The number of amides is 1. The van der Waals surface area contributed by atoms with Crippen molar-refractivity contribution in [1.82, 2.24) is 14.9 Å². The summed E-state index contributed by atoms with van der Waals surface area (Å²) >= 11 is 0. The van der Waals surface area contributed by atoms with E-state index in [0.717, 1.165) is 38.5 Å². The van der Waals surface area contributed by atoms with Crippen molar-refractivity contribution in [3.63, 3.8) is 0 Å². The van der Waals surface area contributed by atoms with Crippen LogP contribution in [-0.2, 0) is 6.54 Å². The number of carbonyl (C=O) groups excluding carboxylic acids is 1. The van der Waals surface area contributed by atoms with E-state index < -0.39 is 0 Å². The summed E-state index contributed by atoms with van der Waals surface area (Å²) in [5.74, 6) is 1.25. The molecule has 1 aliphatic heterocycles. The molecule has 3 heterocycles. The zero-order valence-electron chi connectivity index (χ0n) is 17.0. The maximum absolute atomic E-state index is 12.5. The van der Waals surface area contributed by atoms with Crippen molar-refractivity contribution in [2.75, 3.05) is 43.5 Å². The van der Waals surface area contributed by atoms with Crippen LogP contribution >= 0.6 is 0 Å². The van der Waals surface area contributed by atoms with E-state index in [1.165, 1.54) is 5.56 Å². The molecule has 1 fully saturated rings. The molecule has 1 aromatic carbocycles. The summed E-state index contributed by atoms with van der Waals surface area (Å²) in [4.78, 5) is 25.9. The fourth-order valence-electron chi connectivity index (χ4n) is 3.56. The van der Waals surface area contributed by atoms with Crippen LogP contribution in [0.3, 0.4) is 0 Å². The van der Waals surface area contributed by atoms with Crippen molar-refractivity contribution < 1.29 is 9.53 Å². The molecule has 1 N–H and O–H groups in total. The van der Waals surface area contributed by atoms with E-state index in [4.69, 9.17) is 4.74 Å². The summed E-state index contributed by atoms with van der Waals surface area (Å²) < 4.78 is 5.26. The Morgan fingerprint density at radius 1 is 1.03 bits per heavy atom. The highest BCUT2D eigenvalue weighted by atomic mass is 16.5. The van der Waals surface area contributed by atoms with E-state index in [-0.39, 0.29) is 5.91 Å². The zero-order chi connectivity index (χ0) is 20.8. The van der Waals surface area contributed by atoms with Gasteiger partial charge in [0.25, 0.3) is 5.91 Å². The molecule has 30 heavy (non-hydrogen) atoms. The standard InChI is InChI=1S/C23H25N5O2/c1-30-21-5-3-2-4-20(21)23(29)26-19-6-7-22(25-16-19)28-14-12-27(13-15-28)17-18-8-10-24-11-9-18/h2-11,16H,12-15,17H2,1H3,(H,26,29). The summed E-state index contributed by atoms with van der Waals surface area (Å²) in [5.41, 5.74) is 2.44. The predicted molar refractivity (Wildman–Crippen MR) is 117 cm³/mol. The fraction of sp³-hybridized carbons (Fsp3) is 0.261. The molecular formula is C23H25N5O2. The van der Waals surface area contributed by atoms with E-state index in [2.05, 4.69) is 37.2 Å². The van der Waals surface area contributed by atoms with Crippen LogP contribution in [-0.4, -0.2) is 54.1 Å². The Morgan fingerprint density at radius 2 is 1.80 bits per heavy atom. The number of piperazine rings is 1. The number of aromatic nitrogens is 2. The number of hydrogen-bond acceptors (Lipinski definition) is 6. The molecule has 7 nitrogen and oxygen atoms in total. The van der Waals surface area contributed by atoms with E-state index in [1.807, 2.05) is 36.7 Å². The highest BCUT2D eigenvalue weighted by Gasteiger charge is 2.18. The summed E-state index contributed by atoms with van der Waals surface area (Å²) in [6.45, 7) is 4.75. The normalized spacial score (nSPS) is 14.4. The average Bonchev–Trinajstić information content (AvgIpc) is 2.81. The Bertz CT molecular complexity index is 970. The van der Waals surface area contributed by atoms with Crippen molar-refractivity contribution in [3.8, 4) is 5.75 Å². The minimum absolute atomic E-state index is 0.216. The molecule has 1 saturated heterocycles. The predicted octanol–water partition coefficient (Wildman–Crippen LogP) is 3.06. The first kappa shape index (κ1) is 19.8. The van der Waals surface area contributed by atoms with Gasteiger partial charge in [0, 0.05) is 45.1 Å². The number of ether oxygens (including phenoxy) is 1. The second-order valence-corrected chi connectivity index (χ2v) is 7.18. The second kappa shape index (κ2) is 9.37. The molecule has 3 aromatic rings. The summed E-state index contributed by atoms with van der Waals surface area (Å²) in [6.07, 6.45) is 5.37. The van der Waals surface area contributed by atoms with Gasteiger partial charge in [-0.3, -0.25) is 14.7 Å². The second-order valence-electron chi connectivity index (χ2n) is 7.18. The molecular weight excluding hydrogens is 378 g/mol. The van der Waals surface area contributed by atoms with Crippen LogP contribution in [0.5, 0.6) is 5.75 Å². The van der Waals surface area contributed by atoms with E-state index >= 15 is 0 Å². The van der Waals surface area contributed by atoms with Crippen molar-refractivity contribution >= 4 is 17.4 Å². The SMILES string of the molecule is COc1ccccc1C(=O)Nc1ccc(N2CCN(Cc3ccncc3)CC2)nc1. The highest BCUT2D eigenvalue weighted by Crippen LogP contribution is 2.21. The highest BCUT2D eigenvalue weighted by molar-refractivity contribution is 6.06. The van der Waals surface area contributed by atoms with Gasteiger partial charge in [-0.15, -0.1) is 0 Å². The van der Waals surface area contributed by atoms with E-state index in [9.17, 15) is 4.79 Å². The Kier molecular flexibility index (Phi) is 6.20. The van der Waals surface area contributed by atoms with E-state index in [0.29, 0.717) is 17.0 Å². The van der Waals surface area contributed by atoms with Gasteiger partial charge < -0.3 is 15.0 Å². The topological polar surface area (TPSA) is 70.6 Å². The average molecular weight is 403 g/mol. The van der Waals surface area contributed by atoms with Gasteiger partial charge in [0.2, 0.25) is 0 Å². The molecule has 0 saturated carbocycles. The number of rotatable bonds is 6. The first-order chi connectivity index (χ1) is 14.7. The lowest BCUT2D eigenvalue weighted by molar-refractivity contribution is 0.102. The maximum Gasteiger partial charge on any atom is 0.259 e. The molecule has 0 spiro atoms. The smallest absolute Gasteiger partial charge is 0.259 e. The molecule has 7 heteroatoms. The van der Waals surface area contributed by atoms with Crippen molar-refractivity contribution in [3.05, 3.63) is 78.2 Å². The minimum Gasteiger partial charge on any atom is -0.496 e. The molecule has 2 aromatic heterocycles. The molecule has 154 valence electrons. The van der Waals surface area contributed by atoms with Crippen LogP contribution in [0.2, 0.25) is 0 Å². The number of anilines is 2. The number of nitrogens with one attached hydrogen (secondary N) is 1. The lowest BCUT2D eigenvalue weighted by Gasteiger charge is -2.35. The molecule has 0 aliphatic carbocycles. The van der Waals surface area contributed by atoms with Crippen molar-refractivity contribution in [2.24, 2.45) is 0 Å². The summed E-state index contributed by atoms with van der Waals surface area (Å²) in [6, 6.07) is 15.1. The quantitative estimate of drug-likeness (QED) is 0.682. The van der Waals surface area contributed by atoms with Gasteiger partial charge in [0.05, 0.1) is 24.6 Å². The molecule has 1 amide bonds. The number of hydrogen-bond donors (Lipinski definition) is 1. The summed E-state index contributed by atoms with van der Waals surface area (Å²) in [7, 11) is 1.55. The molecule has 0 unspecified atom stereocenters. The Balaban J connectivity index is 1.32. The minimum atomic E-state index is -0.216. The van der Waals surface area contributed by atoms with Gasteiger partial charge >= 0.3 is 0 Å². The van der Waals surface area contributed by atoms with Crippen LogP contribution in [0, 0.1) is 0 Å².